The Balaban J connectivity index is 2.32. The number of carbonyl (C=O) groups excluding carboxylic acids is 1. The number of rotatable bonds is 3. The van der Waals surface area contributed by atoms with Crippen molar-refractivity contribution in [3.63, 3.8) is 0 Å². The molecule has 3 N–H and O–H groups in total. The second-order valence-electron chi connectivity index (χ2n) is 3.96. The van der Waals surface area contributed by atoms with Gasteiger partial charge in [-0.25, -0.2) is 0 Å². The molecule has 0 spiro atoms. The second-order valence-corrected chi connectivity index (χ2v) is 4.82. The average molecular weight is 336 g/mol. The van der Waals surface area contributed by atoms with Crippen LogP contribution >= 0.6 is 15.9 Å². The number of nitro groups is 1. The lowest BCUT2D eigenvalue weighted by atomic mass is 10.1. The van der Waals surface area contributed by atoms with Crippen molar-refractivity contribution in [1.29, 1.82) is 0 Å². The number of nitrogens with two attached hydrogens (primary N) is 1. The van der Waals surface area contributed by atoms with Crippen molar-refractivity contribution < 1.29 is 9.72 Å². The summed E-state index contributed by atoms with van der Waals surface area (Å²) in [7, 11) is 0. The summed E-state index contributed by atoms with van der Waals surface area (Å²) in [6.07, 6.45) is 0. The average Bonchev–Trinajstić information content (AvgIpc) is 2.41. The lowest BCUT2D eigenvalue weighted by Crippen LogP contribution is -2.14. The van der Waals surface area contributed by atoms with Gasteiger partial charge in [0.05, 0.1) is 16.2 Å². The van der Waals surface area contributed by atoms with E-state index in [2.05, 4.69) is 21.2 Å². The summed E-state index contributed by atoms with van der Waals surface area (Å²) >= 11 is 3.30. The number of para-hydroxylation sites is 1. The zero-order valence-electron chi connectivity index (χ0n) is 10.2. The second kappa shape index (κ2) is 5.70. The minimum Gasteiger partial charge on any atom is -0.398 e. The van der Waals surface area contributed by atoms with E-state index in [0.717, 1.165) is 6.07 Å². The predicted octanol–water partition coefficient (Wildman–Crippen LogP) is 3.19. The Morgan fingerprint density at radius 3 is 2.60 bits per heavy atom. The molecule has 102 valence electrons. The first-order chi connectivity index (χ1) is 9.49. The van der Waals surface area contributed by atoms with Crippen molar-refractivity contribution >= 4 is 38.9 Å². The summed E-state index contributed by atoms with van der Waals surface area (Å²) in [6, 6.07) is 10.8. The summed E-state index contributed by atoms with van der Waals surface area (Å²) < 4.78 is 0.706. The number of nitrogen functional groups attached to an aromatic ring is 1. The summed E-state index contributed by atoms with van der Waals surface area (Å²) in [5.74, 6) is -0.502. The van der Waals surface area contributed by atoms with Crippen LogP contribution in [0.5, 0.6) is 0 Å². The van der Waals surface area contributed by atoms with E-state index in [9.17, 15) is 14.9 Å². The van der Waals surface area contributed by atoms with E-state index in [1.165, 1.54) is 12.1 Å². The number of anilines is 2. The Bertz CT molecular complexity index is 688. The van der Waals surface area contributed by atoms with E-state index in [-0.39, 0.29) is 16.9 Å². The number of halogens is 1. The predicted molar refractivity (Wildman–Crippen MR) is 79.6 cm³/mol. The third kappa shape index (κ3) is 2.94. The molecule has 0 unspecified atom stereocenters. The lowest BCUT2D eigenvalue weighted by Gasteiger charge is -2.08. The highest BCUT2D eigenvalue weighted by molar-refractivity contribution is 9.10. The zero-order valence-corrected chi connectivity index (χ0v) is 11.8. The van der Waals surface area contributed by atoms with Crippen LogP contribution in [0, 0.1) is 10.1 Å². The van der Waals surface area contributed by atoms with Gasteiger partial charge in [-0.15, -0.1) is 0 Å². The number of carbonyl (C=O) groups is 1. The highest BCUT2D eigenvalue weighted by Crippen LogP contribution is 2.24. The molecule has 0 aliphatic carbocycles. The van der Waals surface area contributed by atoms with Crippen LogP contribution in [0.3, 0.4) is 0 Å². The van der Waals surface area contributed by atoms with Crippen molar-refractivity contribution in [2.75, 3.05) is 11.1 Å². The van der Waals surface area contributed by atoms with Crippen LogP contribution in [-0.4, -0.2) is 10.8 Å². The molecule has 0 aliphatic rings. The third-order valence-electron chi connectivity index (χ3n) is 2.61. The van der Waals surface area contributed by atoms with Gasteiger partial charge in [0, 0.05) is 22.3 Å². The van der Waals surface area contributed by atoms with E-state index < -0.39 is 10.8 Å². The molecule has 0 radical (unpaired) electrons. The number of nitrogens with one attached hydrogen (secondary N) is 1. The van der Waals surface area contributed by atoms with Gasteiger partial charge < -0.3 is 11.1 Å². The Morgan fingerprint density at radius 2 is 1.95 bits per heavy atom. The normalized spacial score (nSPS) is 10.1. The molecule has 0 saturated carbocycles. The zero-order chi connectivity index (χ0) is 14.7. The molecule has 2 aromatic carbocycles. The molecule has 0 fully saturated rings. The van der Waals surface area contributed by atoms with Crippen molar-refractivity contribution in [3.05, 3.63) is 62.6 Å². The van der Waals surface area contributed by atoms with Gasteiger partial charge in [-0.2, -0.15) is 0 Å². The van der Waals surface area contributed by atoms with E-state index in [1.54, 1.807) is 18.2 Å². The van der Waals surface area contributed by atoms with Gasteiger partial charge in [-0.05, 0) is 34.1 Å². The summed E-state index contributed by atoms with van der Waals surface area (Å²) in [5, 5.41) is 13.4. The largest absolute Gasteiger partial charge is 0.398 e. The number of nitrogens with zero attached hydrogens (tertiary/aromatic N) is 1. The van der Waals surface area contributed by atoms with Gasteiger partial charge >= 0.3 is 0 Å². The molecule has 2 rings (SSSR count). The van der Waals surface area contributed by atoms with Crippen LogP contribution in [0.4, 0.5) is 17.1 Å². The Hall–Kier alpha value is -2.41. The van der Waals surface area contributed by atoms with Crippen molar-refractivity contribution in [2.45, 2.75) is 0 Å². The van der Waals surface area contributed by atoms with E-state index in [4.69, 9.17) is 5.73 Å². The first-order valence-corrected chi connectivity index (χ1v) is 6.38. The van der Waals surface area contributed by atoms with Crippen LogP contribution in [0.15, 0.2) is 46.9 Å². The number of amides is 1. The fourth-order valence-corrected chi connectivity index (χ4v) is 1.99. The molecule has 20 heavy (non-hydrogen) atoms. The fraction of sp³-hybridized carbons (Fsp3) is 0. The maximum Gasteiger partial charge on any atom is 0.270 e. The summed E-state index contributed by atoms with van der Waals surface area (Å²) in [5.41, 5.74) is 6.31. The first-order valence-electron chi connectivity index (χ1n) is 5.59. The first kappa shape index (κ1) is 14.0. The molecule has 0 aliphatic heterocycles. The van der Waals surface area contributed by atoms with Crippen LogP contribution in [0.2, 0.25) is 0 Å². The lowest BCUT2D eigenvalue weighted by molar-refractivity contribution is -0.384. The Kier molecular flexibility index (Phi) is 3.99. The van der Waals surface area contributed by atoms with Crippen LogP contribution in [0.1, 0.15) is 10.4 Å². The fourth-order valence-electron chi connectivity index (χ4n) is 1.61. The molecule has 0 heterocycles. The van der Waals surface area contributed by atoms with Crippen molar-refractivity contribution in [1.82, 2.24) is 0 Å². The van der Waals surface area contributed by atoms with Gasteiger partial charge in [0.25, 0.3) is 11.6 Å². The van der Waals surface area contributed by atoms with Gasteiger partial charge in [-0.3, -0.25) is 14.9 Å². The van der Waals surface area contributed by atoms with Gasteiger partial charge in [0.15, 0.2) is 0 Å². The van der Waals surface area contributed by atoms with Gasteiger partial charge in [0.1, 0.15) is 0 Å². The smallest absolute Gasteiger partial charge is 0.270 e. The minimum absolute atomic E-state index is 0.0648. The number of non-ortho nitro benzene ring substituents is 1. The molecule has 6 nitrogen and oxygen atoms in total. The van der Waals surface area contributed by atoms with E-state index in [0.29, 0.717) is 10.2 Å². The Labute approximate surface area is 122 Å². The van der Waals surface area contributed by atoms with Crippen LogP contribution < -0.4 is 11.1 Å². The van der Waals surface area contributed by atoms with Gasteiger partial charge in [0.2, 0.25) is 0 Å². The summed E-state index contributed by atoms with van der Waals surface area (Å²) in [6.45, 7) is 0. The molecule has 0 aromatic heterocycles. The standard InChI is InChI=1S/C13H10BrN3O3/c14-10-3-1-2-4-12(10)16-13(18)9-7-8(17(19)20)5-6-11(9)15/h1-7H,15H2,(H,16,18). The summed E-state index contributed by atoms with van der Waals surface area (Å²) in [4.78, 5) is 22.3. The van der Waals surface area contributed by atoms with Gasteiger partial charge in [-0.1, -0.05) is 12.1 Å². The number of hydrogen-bond donors (Lipinski definition) is 2. The molecule has 0 bridgehead atoms. The molecule has 1 amide bonds. The van der Waals surface area contributed by atoms with Crippen LogP contribution in [-0.2, 0) is 0 Å². The molecular formula is C13H10BrN3O3. The topological polar surface area (TPSA) is 98.3 Å². The highest BCUT2D eigenvalue weighted by Gasteiger charge is 2.16. The monoisotopic (exact) mass is 335 g/mol. The SMILES string of the molecule is Nc1ccc([N+](=O)[O-])cc1C(=O)Nc1ccccc1Br. The third-order valence-corrected chi connectivity index (χ3v) is 3.31. The number of hydrogen-bond acceptors (Lipinski definition) is 4. The van der Waals surface area contributed by atoms with E-state index >= 15 is 0 Å². The minimum atomic E-state index is -0.575. The van der Waals surface area contributed by atoms with Crippen molar-refractivity contribution in [2.24, 2.45) is 0 Å². The van der Waals surface area contributed by atoms with E-state index in [1.807, 2.05) is 6.07 Å². The maximum absolute atomic E-state index is 12.1. The Morgan fingerprint density at radius 1 is 1.25 bits per heavy atom. The quantitative estimate of drug-likeness (QED) is 0.511. The number of nitro benzene ring substituents is 1. The van der Waals surface area contributed by atoms with Crippen LogP contribution in [0.25, 0.3) is 0 Å². The molecule has 7 heteroatoms. The van der Waals surface area contributed by atoms with Crippen molar-refractivity contribution in [3.8, 4) is 0 Å². The molecule has 2 aromatic rings. The number of benzene rings is 2. The molecule has 0 atom stereocenters. The maximum atomic E-state index is 12.1. The highest BCUT2D eigenvalue weighted by atomic mass is 79.9. The molecular weight excluding hydrogens is 326 g/mol. The molecule has 0 saturated heterocycles.